The number of nitrogens with two attached hydrogens (primary N) is 1. The topological polar surface area (TPSA) is 81.6 Å². The van der Waals surface area contributed by atoms with Gasteiger partial charge in [-0.25, -0.2) is 4.99 Å². The van der Waals surface area contributed by atoms with E-state index in [9.17, 15) is 0 Å². The molecule has 3 rings (SSSR count). The fraction of sp³-hybridized carbons (Fsp3) is 0.750. The second-order valence-electron chi connectivity index (χ2n) is 5.09. The van der Waals surface area contributed by atoms with Crippen molar-refractivity contribution in [2.45, 2.75) is 39.0 Å². The third-order valence-corrected chi connectivity index (χ3v) is 3.63. The average Bonchev–Trinajstić information content (AvgIpc) is 2.99. The maximum Gasteiger partial charge on any atom is 0.191 e. The predicted molar refractivity (Wildman–Crippen MR) is 70.7 cm³/mol. The Labute approximate surface area is 112 Å². The molecule has 1 aromatic rings. The Morgan fingerprint density at radius 1 is 1.47 bits per heavy atom. The third-order valence-electron chi connectivity index (χ3n) is 3.63. The number of hydrogen-bond donors (Lipinski definition) is 1. The van der Waals surface area contributed by atoms with Gasteiger partial charge in [-0.1, -0.05) is 0 Å². The van der Waals surface area contributed by atoms with Crippen LogP contribution in [0.3, 0.4) is 0 Å². The molecule has 0 amide bonds. The van der Waals surface area contributed by atoms with Crippen LogP contribution in [0.2, 0.25) is 0 Å². The molecule has 19 heavy (non-hydrogen) atoms. The highest BCUT2D eigenvalue weighted by molar-refractivity contribution is 5.78. The maximum absolute atomic E-state index is 6.04. The van der Waals surface area contributed by atoms with Gasteiger partial charge < -0.3 is 19.9 Å². The summed E-state index contributed by atoms with van der Waals surface area (Å²) in [5, 5.41) is 8.35. The lowest BCUT2D eigenvalue weighted by Crippen LogP contribution is -2.47. The molecule has 1 aromatic heterocycles. The number of aromatic nitrogens is 3. The summed E-state index contributed by atoms with van der Waals surface area (Å²) in [6.45, 7) is 5.86. The van der Waals surface area contributed by atoms with E-state index in [2.05, 4.69) is 24.7 Å². The monoisotopic (exact) mass is 264 g/mol. The van der Waals surface area contributed by atoms with Crippen molar-refractivity contribution in [2.75, 3.05) is 19.7 Å². The molecule has 0 spiro atoms. The van der Waals surface area contributed by atoms with Crippen LogP contribution in [0, 0.1) is 0 Å². The molecule has 0 saturated carbocycles. The van der Waals surface area contributed by atoms with Gasteiger partial charge in [-0.3, -0.25) is 0 Å². The normalized spacial score (nSPS) is 23.7. The van der Waals surface area contributed by atoms with Gasteiger partial charge in [-0.2, -0.15) is 0 Å². The second kappa shape index (κ2) is 5.16. The van der Waals surface area contributed by atoms with E-state index in [4.69, 9.17) is 10.5 Å². The second-order valence-corrected chi connectivity index (χ2v) is 5.09. The smallest absolute Gasteiger partial charge is 0.191 e. The zero-order chi connectivity index (χ0) is 13.2. The molecule has 1 atom stereocenters. The molecule has 104 valence electrons. The Kier molecular flexibility index (Phi) is 3.37. The van der Waals surface area contributed by atoms with Crippen LogP contribution in [0.4, 0.5) is 0 Å². The number of ether oxygens (including phenoxy) is 1. The van der Waals surface area contributed by atoms with Crippen molar-refractivity contribution in [3.8, 4) is 0 Å². The van der Waals surface area contributed by atoms with E-state index < -0.39 is 0 Å². The molecule has 2 aliphatic heterocycles. The first-order valence-corrected chi connectivity index (χ1v) is 6.81. The number of morpholine rings is 1. The molecule has 1 fully saturated rings. The van der Waals surface area contributed by atoms with Gasteiger partial charge in [0.05, 0.1) is 12.7 Å². The molecule has 7 nitrogen and oxygen atoms in total. The number of aliphatic imine (C=N–C) groups is 1. The van der Waals surface area contributed by atoms with E-state index in [1.165, 1.54) is 0 Å². The Morgan fingerprint density at radius 3 is 3.21 bits per heavy atom. The van der Waals surface area contributed by atoms with Crippen molar-refractivity contribution in [3.05, 3.63) is 11.6 Å². The molecule has 7 heteroatoms. The lowest BCUT2D eigenvalue weighted by atomic mass is 10.3. The molecule has 3 heterocycles. The van der Waals surface area contributed by atoms with E-state index in [-0.39, 0.29) is 6.10 Å². The highest BCUT2D eigenvalue weighted by atomic mass is 16.5. The Balaban J connectivity index is 1.65. The first kappa shape index (κ1) is 12.4. The molecule has 2 N–H and O–H groups in total. The molecule has 1 unspecified atom stereocenters. The lowest BCUT2D eigenvalue weighted by Gasteiger charge is -2.31. The average molecular weight is 264 g/mol. The number of rotatable bonds is 2. The molecular weight excluding hydrogens is 244 g/mol. The molecule has 0 bridgehead atoms. The van der Waals surface area contributed by atoms with Crippen LogP contribution < -0.4 is 5.73 Å². The molecular formula is C12H20N6O. The van der Waals surface area contributed by atoms with Gasteiger partial charge in [0.1, 0.15) is 12.4 Å². The van der Waals surface area contributed by atoms with Crippen molar-refractivity contribution in [1.82, 2.24) is 19.7 Å². The molecule has 1 saturated heterocycles. The fourth-order valence-corrected chi connectivity index (χ4v) is 2.61. The van der Waals surface area contributed by atoms with E-state index in [1.54, 1.807) is 0 Å². The minimum Gasteiger partial charge on any atom is -0.375 e. The number of aryl methyl sites for hydroxylation is 1. The minimum absolute atomic E-state index is 0.208. The Bertz CT molecular complexity index is 483. The minimum atomic E-state index is 0.208. The molecule has 0 aromatic carbocycles. The number of guanidine groups is 1. The van der Waals surface area contributed by atoms with Gasteiger partial charge in [0.25, 0.3) is 0 Å². The number of hydrogen-bond acceptors (Lipinski definition) is 4. The fourth-order valence-electron chi connectivity index (χ4n) is 2.61. The van der Waals surface area contributed by atoms with Gasteiger partial charge in [-0.05, 0) is 13.3 Å². The summed E-state index contributed by atoms with van der Waals surface area (Å²) in [5.41, 5.74) is 6.04. The van der Waals surface area contributed by atoms with Crippen molar-refractivity contribution in [2.24, 2.45) is 10.7 Å². The van der Waals surface area contributed by atoms with Crippen LogP contribution in [-0.4, -0.2) is 51.4 Å². The first-order chi connectivity index (χ1) is 9.24. The molecule has 0 aliphatic carbocycles. The van der Waals surface area contributed by atoms with Gasteiger partial charge >= 0.3 is 0 Å². The van der Waals surface area contributed by atoms with Crippen molar-refractivity contribution >= 4 is 5.96 Å². The van der Waals surface area contributed by atoms with Crippen LogP contribution in [0.15, 0.2) is 4.99 Å². The first-order valence-electron chi connectivity index (χ1n) is 6.81. The van der Waals surface area contributed by atoms with Gasteiger partial charge in [-0.15, -0.1) is 10.2 Å². The van der Waals surface area contributed by atoms with Crippen molar-refractivity contribution < 1.29 is 4.74 Å². The largest absolute Gasteiger partial charge is 0.375 e. The number of nitrogens with zero attached hydrogens (tertiary/aromatic N) is 5. The summed E-state index contributed by atoms with van der Waals surface area (Å²) in [7, 11) is 0. The summed E-state index contributed by atoms with van der Waals surface area (Å²) >= 11 is 0. The van der Waals surface area contributed by atoms with Gasteiger partial charge in [0, 0.05) is 26.1 Å². The maximum atomic E-state index is 6.04. The quantitative estimate of drug-likeness (QED) is 0.589. The van der Waals surface area contributed by atoms with Crippen molar-refractivity contribution in [3.63, 3.8) is 0 Å². The highest BCUT2D eigenvalue weighted by Gasteiger charge is 2.19. The van der Waals surface area contributed by atoms with E-state index in [0.29, 0.717) is 19.1 Å². The number of fused-ring (bicyclic) bond motifs is 1. The summed E-state index contributed by atoms with van der Waals surface area (Å²) < 4.78 is 7.64. The molecule has 2 aliphatic rings. The van der Waals surface area contributed by atoms with Gasteiger partial charge in [0.2, 0.25) is 0 Å². The third kappa shape index (κ3) is 2.56. The SMILES string of the molecule is CC1CN(C(N)=NCc2nnc3n2CCC3)CCO1. The Morgan fingerprint density at radius 2 is 2.37 bits per heavy atom. The summed E-state index contributed by atoms with van der Waals surface area (Å²) in [6.07, 6.45) is 2.38. The zero-order valence-corrected chi connectivity index (χ0v) is 11.2. The summed E-state index contributed by atoms with van der Waals surface area (Å²) in [4.78, 5) is 6.51. The Hall–Kier alpha value is -1.63. The van der Waals surface area contributed by atoms with Gasteiger partial charge in [0.15, 0.2) is 11.8 Å². The zero-order valence-electron chi connectivity index (χ0n) is 11.2. The van der Waals surface area contributed by atoms with Crippen molar-refractivity contribution in [1.29, 1.82) is 0 Å². The lowest BCUT2D eigenvalue weighted by molar-refractivity contribution is 0.00528. The standard InChI is InChI=1S/C12H20N6O/c1-9-8-17(5-6-19-9)12(13)14-7-11-16-15-10-3-2-4-18(10)11/h9H,2-8H2,1H3,(H2,13,14). The predicted octanol–water partition coefficient (Wildman–Crippen LogP) is -0.240. The van der Waals surface area contributed by atoms with E-state index in [1.807, 2.05) is 6.92 Å². The van der Waals surface area contributed by atoms with Crippen LogP contribution in [-0.2, 0) is 24.2 Å². The summed E-state index contributed by atoms with van der Waals surface area (Å²) in [6, 6.07) is 0. The van der Waals surface area contributed by atoms with Crippen LogP contribution in [0.25, 0.3) is 0 Å². The van der Waals surface area contributed by atoms with E-state index >= 15 is 0 Å². The van der Waals surface area contributed by atoms with Crippen LogP contribution >= 0.6 is 0 Å². The van der Waals surface area contributed by atoms with Crippen LogP contribution in [0.5, 0.6) is 0 Å². The molecule has 0 radical (unpaired) electrons. The summed E-state index contributed by atoms with van der Waals surface area (Å²) in [5.74, 6) is 2.56. The van der Waals surface area contributed by atoms with Crippen LogP contribution in [0.1, 0.15) is 25.0 Å². The highest BCUT2D eigenvalue weighted by Crippen LogP contribution is 2.14. The van der Waals surface area contributed by atoms with E-state index in [0.717, 1.165) is 44.1 Å².